The first-order valence-corrected chi connectivity index (χ1v) is 5.46. The molecule has 1 rings (SSSR count). The van der Waals surface area contributed by atoms with E-state index < -0.39 is 0 Å². The monoisotopic (exact) mass is 208 g/mol. The minimum atomic E-state index is 0.496. The fourth-order valence-corrected chi connectivity index (χ4v) is 1.30. The Morgan fingerprint density at radius 3 is 2.67 bits per heavy atom. The number of nitrogens with one attached hydrogen (secondary N) is 1. The molecule has 0 atom stereocenters. The van der Waals surface area contributed by atoms with Crippen LogP contribution in [-0.2, 0) is 6.54 Å². The average molecular weight is 208 g/mol. The molecular formula is C12H20N2O. The number of aryl methyl sites for hydroxylation is 1. The summed E-state index contributed by atoms with van der Waals surface area (Å²) in [6.07, 6.45) is 0. The summed E-state index contributed by atoms with van der Waals surface area (Å²) >= 11 is 0. The van der Waals surface area contributed by atoms with Gasteiger partial charge < -0.3 is 10.1 Å². The zero-order chi connectivity index (χ0) is 11.3. The van der Waals surface area contributed by atoms with E-state index in [1.54, 1.807) is 0 Å². The lowest BCUT2D eigenvalue weighted by atomic mass is 10.2. The minimum Gasteiger partial charge on any atom is -0.478 e. The molecule has 0 aliphatic rings. The van der Waals surface area contributed by atoms with Gasteiger partial charge in [-0.25, -0.2) is 4.98 Å². The SMILES string of the molecule is CCOc1ccc(CNC(C)C)c(C)n1. The van der Waals surface area contributed by atoms with Crippen LogP contribution >= 0.6 is 0 Å². The number of ether oxygens (including phenoxy) is 1. The molecule has 0 aliphatic carbocycles. The lowest BCUT2D eigenvalue weighted by Gasteiger charge is -2.11. The van der Waals surface area contributed by atoms with Crippen molar-refractivity contribution in [1.29, 1.82) is 0 Å². The Morgan fingerprint density at radius 1 is 1.40 bits per heavy atom. The molecule has 1 aromatic heterocycles. The van der Waals surface area contributed by atoms with Gasteiger partial charge in [0.1, 0.15) is 0 Å². The van der Waals surface area contributed by atoms with Gasteiger partial charge >= 0.3 is 0 Å². The van der Waals surface area contributed by atoms with E-state index in [0.717, 1.165) is 12.2 Å². The number of nitrogens with zero attached hydrogens (tertiary/aromatic N) is 1. The van der Waals surface area contributed by atoms with Gasteiger partial charge in [0, 0.05) is 24.3 Å². The Labute approximate surface area is 91.9 Å². The first-order chi connectivity index (χ1) is 7.13. The highest BCUT2D eigenvalue weighted by atomic mass is 16.5. The van der Waals surface area contributed by atoms with Crippen LogP contribution in [0.25, 0.3) is 0 Å². The third kappa shape index (κ3) is 3.88. The van der Waals surface area contributed by atoms with E-state index in [1.807, 2.05) is 19.9 Å². The summed E-state index contributed by atoms with van der Waals surface area (Å²) in [6.45, 7) is 9.78. The van der Waals surface area contributed by atoms with Crippen molar-refractivity contribution in [2.75, 3.05) is 6.61 Å². The highest BCUT2D eigenvalue weighted by Crippen LogP contribution is 2.12. The van der Waals surface area contributed by atoms with Crippen LogP contribution in [0.3, 0.4) is 0 Å². The van der Waals surface area contributed by atoms with Gasteiger partial charge in [-0.15, -0.1) is 0 Å². The second-order valence-corrected chi connectivity index (χ2v) is 3.86. The van der Waals surface area contributed by atoms with Gasteiger partial charge in [0.15, 0.2) is 0 Å². The van der Waals surface area contributed by atoms with Gasteiger partial charge in [-0.05, 0) is 19.4 Å². The highest BCUT2D eigenvalue weighted by molar-refractivity contribution is 5.24. The molecule has 3 nitrogen and oxygen atoms in total. The van der Waals surface area contributed by atoms with Crippen molar-refractivity contribution in [2.45, 2.75) is 40.3 Å². The predicted octanol–water partition coefficient (Wildman–Crippen LogP) is 2.29. The topological polar surface area (TPSA) is 34.1 Å². The molecule has 0 aliphatic heterocycles. The maximum Gasteiger partial charge on any atom is 0.213 e. The number of rotatable bonds is 5. The Balaban J connectivity index is 2.66. The van der Waals surface area contributed by atoms with Crippen LogP contribution in [0, 0.1) is 6.92 Å². The van der Waals surface area contributed by atoms with Crippen LogP contribution in [0.2, 0.25) is 0 Å². The number of hydrogen-bond donors (Lipinski definition) is 1. The Hall–Kier alpha value is -1.09. The van der Waals surface area contributed by atoms with Crippen LogP contribution in [0.1, 0.15) is 32.0 Å². The summed E-state index contributed by atoms with van der Waals surface area (Å²) in [4.78, 5) is 4.38. The minimum absolute atomic E-state index is 0.496. The smallest absolute Gasteiger partial charge is 0.213 e. The molecule has 0 fully saturated rings. The van der Waals surface area contributed by atoms with E-state index in [2.05, 4.69) is 30.2 Å². The second-order valence-electron chi connectivity index (χ2n) is 3.86. The molecule has 1 heterocycles. The quantitative estimate of drug-likeness (QED) is 0.806. The first kappa shape index (κ1) is 12.0. The van der Waals surface area contributed by atoms with E-state index in [0.29, 0.717) is 18.5 Å². The van der Waals surface area contributed by atoms with Crippen LogP contribution in [0.15, 0.2) is 12.1 Å². The molecule has 0 amide bonds. The molecule has 0 aromatic carbocycles. The van der Waals surface area contributed by atoms with Crippen molar-refractivity contribution in [2.24, 2.45) is 0 Å². The summed E-state index contributed by atoms with van der Waals surface area (Å²) in [7, 11) is 0. The molecule has 3 heteroatoms. The van der Waals surface area contributed by atoms with Crippen LogP contribution in [0.5, 0.6) is 5.88 Å². The van der Waals surface area contributed by atoms with Gasteiger partial charge in [0.25, 0.3) is 0 Å². The van der Waals surface area contributed by atoms with Crippen molar-refractivity contribution in [3.63, 3.8) is 0 Å². The summed E-state index contributed by atoms with van der Waals surface area (Å²) in [6, 6.07) is 4.49. The maximum absolute atomic E-state index is 5.34. The molecule has 0 unspecified atom stereocenters. The van der Waals surface area contributed by atoms with Crippen LogP contribution < -0.4 is 10.1 Å². The fraction of sp³-hybridized carbons (Fsp3) is 0.583. The molecule has 0 bridgehead atoms. The summed E-state index contributed by atoms with van der Waals surface area (Å²) in [5.41, 5.74) is 2.27. The lowest BCUT2D eigenvalue weighted by molar-refractivity contribution is 0.326. The van der Waals surface area contributed by atoms with E-state index in [9.17, 15) is 0 Å². The third-order valence-electron chi connectivity index (χ3n) is 2.16. The van der Waals surface area contributed by atoms with Gasteiger partial charge in [-0.1, -0.05) is 19.9 Å². The number of pyridine rings is 1. The van der Waals surface area contributed by atoms with Crippen molar-refractivity contribution in [1.82, 2.24) is 10.3 Å². The maximum atomic E-state index is 5.34. The van der Waals surface area contributed by atoms with Crippen molar-refractivity contribution in [3.8, 4) is 5.88 Å². The molecule has 1 aromatic rings. The molecule has 0 saturated heterocycles. The van der Waals surface area contributed by atoms with Gasteiger partial charge in [0.2, 0.25) is 5.88 Å². The molecule has 0 spiro atoms. The third-order valence-corrected chi connectivity index (χ3v) is 2.16. The van der Waals surface area contributed by atoms with Crippen LogP contribution in [0.4, 0.5) is 0 Å². The van der Waals surface area contributed by atoms with Crippen molar-refractivity contribution >= 4 is 0 Å². The molecule has 0 saturated carbocycles. The van der Waals surface area contributed by atoms with E-state index in [-0.39, 0.29) is 0 Å². The summed E-state index contributed by atoms with van der Waals surface area (Å²) < 4.78 is 5.34. The fourth-order valence-electron chi connectivity index (χ4n) is 1.30. The van der Waals surface area contributed by atoms with Crippen molar-refractivity contribution < 1.29 is 4.74 Å². The lowest BCUT2D eigenvalue weighted by Crippen LogP contribution is -2.22. The molecule has 15 heavy (non-hydrogen) atoms. The van der Waals surface area contributed by atoms with E-state index in [1.165, 1.54) is 5.56 Å². The van der Waals surface area contributed by atoms with E-state index >= 15 is 0 Å². The summed E-state index contributed by atoms with van der Waals surface area (Å²) in [5, 5.41) is 3.37. The van der Waals surface area contributed by atoms with Crippen molar-refractivity contribution in [3.05, 3.63) is 23.4 Å². The highest BCUT2D eigenvalue weighted by Gasteiger charge is 2.02. The Kier molecular flexibility index (Phi) is 4.56. The Morgan fingerprint density at radius 2 is 2.13 bits per heavy atom. The normalized spacial score (nSPS) is 10.7. The standard InChI is InChI=1S/C12H20N2O/c1-5-15-12-7-6-11(10(4)14-12)8-13-9(2)3/h6-7,9,13H,5,8H2,1-4H3. The van der Waals surface area contributed by atoms with Gasteiger partial charge in [-0.3, -0.25) is 0 Å². The average Bonchev–Trinajstić information content (AvgIpc) is 2.17. The molecule has 84 valence electrons. The molecular weight excluding hydrogens is 188 g/mol. The van der Waals surface area contributed by atoms with Crippen LogP contribution in [-0.4, -0.2) is 17.6 Å². The largest absolute Gasteiger partial charge is 0.478 e. The predicted molar refractivity (Wildman–Crippen MR) is 62.1 cm³/mol. The Bertz CT molecular complexity index is 310. The number of hydrogen-bond acceptors (Lipinski definition) is 3. The molecule has 0 radical (unpaired) electrons. The van der Waals surface area contributed by atoms with E-state index in [4.69, 9.17) is 4.74 Å². The molecule has 1 N–H and O–H groups in total. The summed E-state index contributed by atoms with van der Waals surface area (Å²) in [5.74, 6) is 0.711. The zero-order valence-electron chi connectivity index (χ0n) is 10.0. The number of aromatic nitrogens is 1. The zero-order valence-corrected chi connectivity index (χ0v) is 10.0. The van der Waals surface area contributed by atoms with Gasteiger partial charge in [0.05, 0.1) is 6.61 Å². The van der Waals surface area contributed by atoms with Gasteiger partial charge in [-0.2, -0.15) is 0 Å². The second kappa shape index (κ2) is 5.71. The first-order valence-electron chi connectivity index (χ1n) is 5.46.